The maximum Gasteiger partial charge on any atom is 0.276 e. The van der Waals surface area contributed by atoms with Crippen LogP contribution in [0.1, 0.15) is 30.8 Å². The molecule has 11 heteroatoms. The van der Waals surface area contributed by atoms with E-state index in [0.29, 0.717) is 37.0 Å². The molecule has 1 atom stereocenters. The first-order valence-electron chi connectivity index (χ1n) is 10.5. The third-order valence-electron chi connectivity index (χ3n) is 4.82. The number of aryl methyl sites for hydroxylation is 1. The van der Waals surface area contributed by atoms with Gasteiger partial charge >= 0.3 is 0 Å². The molecular formula is C20H27N9O2. The number of nitrogens with zero attached hydrogens (tertiary/aromatic N) is 7. The maximum atomic E-state index is 5.30. The monoisotopic (exact) mass is 425 g/mol. The third kappa shape index (κ3) is 5.43. The van der Waals surface area contributed by atoms with Gasteiger partial charge in [0, 0.05) is 45.3 Å². The van der Waals surface area contributed by atoms with E-state index in [9.17, 15) is 0 Å². The number of rotatable bonds is 8. The van der Waals surface area contributed by atoms with Crippen LogP contribution in [0.5, 0.6) is 0 Å². The molecule has 164 valence electrons. The summed E-state index contributed by atoms with van der Waals surface area (Å²) in [5, 5.41) is 15.3. The fourth-order valence-corrected chi connectivity index (χ4v) is 3.40. The van der Waals surface area contributed by atoms with Crippen LogP contribution in [0.4, 0.5) is 0 Å². The van der Waals surface area contributed by atoms with Gasteiger partial charge in [0.2, 0.25) is 0 Å². The predicted molar refractivity (Wildman–Crippen MR) is 113 cm³/mol. The van der Waals surface area contributed by atoms with E-state index in [1.165, 1.54) is 0 Å². The van der Waals surface area contributed by atoms with Crippen LogP contribution < -0.4 is 10.6 Å². The number of aliphatic imine (C=N–C) groups is 1. The molecule has 1 aliphatic heterocycles. The lowest BCUT2D eigenvalue weighted by Gasteiger charge is -2.25. The van der Waals surface area contributed by atoms with Crippen molar-refractivity contribution in [2.75, 3.05) is 20.2 Å². The van der Waals surface area contributed by atoms with E-state index in [1.807, 2.05) is 29.8 Å². The van der Waals surface area contributed by atoms with Crippen molar-refractivity contribution in [3.8, 4) is 11.6 Å². The van der Waals surface area contributed by atoms with Crippen LogP contribution in [0.15, 0.2) is 33.9 Å². The Labute approximate surface area is 180 Å². The molecule has 2 N–H and O–H groups in total. The van der Waals surface area contributed by atoms with E-state index in [0.717, 1.165) is 43.5 Å². The lowest BCUT2D eigenvalue weighted by atomic mass is 10.1. The minimum atomic E-state index is 0.225. The number of guanidine groups is 1. The second-order valence-electron chi connectivity index (χ2n) is 7.18. The summed E-state index contributed by atoms with van der Waals surface area (Å²) in [7, 11) is 1.65. The number of pyridine rings is 1. The Kier molecular flexibility index (Phi) is 6.82. The van der Waals surface area contributed by atoms with E-state index in [4.69, 9.17) is 9.26 Å². The molecule has 3 aromatic heterocycles. The third-order valence-corrected chi connectivity index (χ3v) is 4.82. The van der Waals surface area contributed by atoms with Gasteiger partial charge in [-0.25, -0.2) is 9.67 Å². The van der Waals surface area contributed by atoms with Crippen molar-refractivity contribution in [3.63, 3.8) is 0 Å². The first kappa shape index (κ1) is 20.9. The molecule has 0 spiro atoms. The molecule has 0 aromatic carbocycles. The van der Waals surface area contributed by atoms with Crippen LogP contribution in [0.2, 0.25) is 0 Å². The highest BCUT2D eigenvalue weighted by molar-refractivity contribution is 5.80. The van der Waals surface area contributed by atoms with Gasteiger partial charge in [-0.05, 0) is 25.5 Å². The van der Waals surface area contributed by atoms with Crippen LogP contribution >= 0.6 is 0 Å². The Morgan fingerprint density at radius 2 is 2.26 bits per heavy atom. The molecule has 0 aliphatic carbocycles. The maximum absolute atomic E-state index is 5.30. The zero-order valence-corrected chi connectivity index (χ0v) is 17.8. The molecule has 0 saturated carbocycles. The molecule has 0 radical (unpaired) electrons. The number of methoxy groups -OCH3 is 1. The van der Waals surface area contributed by atoms with Gasteiger partial charge in [-0.1, -0.05) is 11.2 Å². The van der Waals surface area contributed by atoms with Crippen LogP contribution in [0.25, 0.3) is 11.6 Å². The SMILES string of the molecule is CCNC(=NCCc1noc(-c2ccccn2)n1)NC1CCc2nc(COC)nn2C1. The fourth-order valence-electron chi connectivity index (χ4n) is 3.40. The first-order chi connectivity index (χ1) is 15.2. The Morgan fingerprint density at radius 1 is 1.32 bits per heavy atom. The summed E-state index contributed by atoms with van der Waals surface area (Å²) >= 11 is 0. The van der Waals surface area contributed by atoms with Gasteiger partial charge in [-0.15, -0.1) is 0 Å². The van der Waals surface area contributed by atoms with Crippen molar-refractivity contribution in [1.82, 2.24) is 40.5 Å². The molecule has 1 unspecified atom stereocenters. The molecule has 4 rings (SSSR count). The highest BCUT2D eigenvalue weighted by atomic mass is 16.5. The Morgan fingerprint density at radius 3 is 3.06 bits per heavy atom. The van der Waals surface area contributed by atoms with Gasteiger partial charge in [0.05, 0.1) is 6.54 Å². The van der Waals surface area contributed by atoms with Gasteiger partial charge in [0.15, 0.2) is 17.6 Å². The zero-order chi connectivity index (χ0) is 21.5. The molecule has 1 aliphatic rings. The average Bonchev–Trinajstić information content (AvgIpc) is 3.41. The molecule has 31 heavy (non-hydrogen) atoms. The lowest BCUT2D eigenvalue weighted by molar-refractivity contribution is 0.177. The normalized spacial score (nSPS) is 16.2. The summed E-state index contributed by atoms with van der Waals surface area (Å²) in [6.45, 7) is 4.53. The second-order valence-corrected chi connectivity index (χ2v) is 7.18. The Hall–Kier alpha value is -3.34. The zero-order valence-electron chi connectivity index (χ0n) is 17.8. The second kappa shape index (κ2) is 10.1. The summed E-state index contributed by atoms with van der Waals surface area (Å²) in [5.41, 5.74) is 0.665. The number of nitrogens with one attached hydrogen (secondary N) is 2. The summed E-state index contributed by atoms with van der Waals surface area (Å²) in [6, 6.07) is 5.80. The van der Waals surface area contributed by atoms with Gasteiger partial charge < -0.3 is 19.9 Å². The van der Waals surface area contributed by atoms with E-state index in [-0.39, 0.29) is 6.04 Å². The largest absolute Gasteiger partial charge is 0.377 e. The molecule has 0 bridgehead atoms. The summed E-state index contributed by atoms with van der Waals surface area (Å²) in [6.07, 6.45) is 4.11. The molecule has 0 saturated heterocycles. The fraction of sp³-hybridized carbons (Fsp3) is 0.500. The Bertz CT molecular complexity index is 999. The van der Waals surface area contributed by atoms with Crippen LogP contribution in [0.3, 0.4) is 0 Å². The molecule has 3 aromatic rings. The summed E-state index contributed by atoms with van der Waals surface area (Å²) in [4.78, 5) is 17.8. The number of hydrogen-bond acceptors (Lipinski definition) is 8. The van der Waals surface area contributed by atoms with E-state index in [1.54, 1.807) is 13.3 Å². The first-order valence-corrected chi connectivity index (χ1v) is 10.5. The van der Waals surface area contributed by atoms with Crippen molar-refractivity contribution in [1.29, 1.82) is 0 Å². The van der Waals surface area contributed by atoms with Crippen LogP contribution in [0, 0.1) is 0 Å². The summed E-state index contributed by atoms with van der Waals surface area (Å²) < 4.78 is 12.4. The van der Waals surface area contributed by atoms with E-state index >= 15 is 0 Å². The lowest BCUT2D eigenvalue weighted by Crippen LogP contribution is -2.47. The summed E-state index contributed by atoms with van der Waals surface area (Å²) in [5.74, 6) is 3.53. The predicted octanol–water partition coefficient (Wildman–Crippen LogP) is 0.982. The van der Waals surface area contributed by atoms with Crippen molar-refractivity contribution >= 4 is 5.96 Å². The highest BCUT2D eigenvalue weighted by Gasteiger charge is 2.22. The molecular weight excluding hydrogens is 398 g/mol. The number of ether oxygens (including phenoxy) is 1. The molecule has 0 fully saturated rings. The van der Waals surface area contributed by atoms with Gasteiger partial charge in [-0.2, -0.15) is 10.1 Å². The van der Waals surface area contributed by atoms with E-state index < -0.39 is 0 Å². The smallest absolute Gasteiger partial charge is 0.276 e. The van der Waals surface area contributed by atoms with Crippen molar-refractivity contribution in [3.05, 3.63) is 41.9 Å². The van der Waals surface area contributed by atoms with Crippen molar-refractivity contribution < 1.29 is 9.26 Å². The number of aromatic nitrogens is 6. The van der Waals surface area contributed by atoms with Gasteiger partial charge in [0.1, 0.15) is 18.1 Å². The topological polar surface area (TPSA) is 128 Å². The van der Waals surface area contributed by atoms with Crippen molar-refractivity contribution in [2.45, 2.75) is 45.4 Å². The minimum absolute atomic E-state index is 0.225. The highest BCUT2D eigenvalue weighted by Crippen LogP contribution is 2.14. The minimum Gasteiger partial charge on any atom is -0.377 e. The number of hydrogen-bond donors (Lipinski definition) is 2. The quantitative estimate of drug-likeness (QED) is 0.401. The van der Waals surface area contributed by atoms with Gasteiger partial charge in [-0.3, -0.25) is 9.98 Å². The molecule has 4 heterocycles. The molecule has 0 amide bonds. The standard InChI is InChI=1S/C20H27N9O2/c1-3-21-20(24-14-7-8-18-25-17(13-30-2)27-29(18)12-14)23-11-9-16-26-19(31-28-16)15-6-4-5-10-22-15/h4-6,10,14H,3,7-9,11-13H2,1-2H3,(H2,21,23,24). The van der Waals surface area contributed by atoms with Crippen LogP contribution in [-0.4, -0.2) is 62.1 Å². The molecule has 11 nitrogen and oxygen atoms in total. The van der Waals surface area contributed by atoms with E-state index in [2.05, 4.69) is 40.8 Å². The average molecular weight is 425 g/mol. The van der Waals surface area contributed by atoms with Crippen LogP contribution in [-0.2, 0) is 30.7 Å². The van der Waals surface area contributed by atoms with Crippen molar-refractivity contribution in [2.24, 2.45) is 4.99 Å². The van der Waals surface area contributed by atoms with Gasteiger partial charge in [0.25, 0.3) is 5.89 Å². The Balaban J connectivity index is 1.33. The number of fused-ring (bicyclic) bond motifs is 1.